The molecule has 1 aliphatic heterocycles. The van der Waals surface area contributed by atoms with Gasteiger partial charge in [-0.15, -0.1) is 0 Å². The van der Waals surface area contributed by atoms with Crippen LogP contribution in [0.4, 0.5) is 11.5 Å². The third-order valence-electron chi connectivity index (χ3n) is 6.14. The molecule has 7 heteroatoms. The number of amides is 3. The lowest BCUT2D eigenvalue weighted by Gasteiger charge is -2.19. The molecule has 3 aliphatic rings. The van der Waals surface area contributed by atoms with Crippen molar-refractivity contribution in [3.8, 4) is 0 Å². The van der Waals surface area contributed by atoms with Crippen molar-refractivity contribution in [1.29, 1.82) is 0 Å². The number of benzene rings is 1. The van der Waals surface area contributed by atoms with E-state index in [1.807, 2.05) is 6.92 Å². The zero-order valence-electron chi connectivity index (χ0n) is 15.5. The molecule has 1 saturated carbocycles. The molecule has 4 atom stereocenters. The number of aromatic nitrogens is 1. The van der Waals surface area contributed by atoms with Gasteiger partial charge in [0.2, 0.25) is 11.8 Å². The number of hydrogen-bond donors (Lipinski definition) is 1. The molecule has 1 aromatic carbocycles. The Morgan fingerprint density at radius 1 is 1.14 bits per heavy atom. The number of allylic oxidation sites excluding steroid dienone is 2. The molecule has 1 saturated heterocycles. The SMILES string of the molecule is CC1=C[C@H]2C[C@H]1[C@@H]1C(=O)N(c3ccc(C(=O)Nc4cc(C)on4)cc3)C(=O)[C@H]12. The second kappa shape index (κ2) is 5.89. The molecule has 7 nitrogen and oxygen atoms in total. The van der Waals surface area contributed by atoms with Crippen LogP contribution in [0.2, 0.25) is 0 Å². The number of aryl methyl sites for hydroxylation is 1. The molecule has 0 unspecified atom stereocenters. The van der Waals surface area contributed by atoms with Gasteiger partial charge in [-0.1, -0.05) is 16.8 Å². The molecule has 2 fully saturated rings. The fourth-order valence-electron chi connectivity index (χ4n) is 4.90. The predicted molar refractivity (Wildman–Crippen MR) is 100 cm³/mol. The lowest BCUT2D eigenvalue weighted by molar-refractivity contribution is -0.123. The Balaban J connectivity index is 1.36. The minimum atomic E-state index is -0.339. The van der Waals surface area contributed by atoms with Crippen molar-refractivity contribution in [3.63, 3.8) is 0 Å². The van der Waals surface area contributed by atoms with Crippen LogP contribution in [0.3, 0.4) is 0 Å². The Morgan fingerprint density at radius 2 is 1.86 bits per heavy atom. The number of carbonyl (C=O) groups excluding carboxylic acids is 3. The topological polar surface area (TPSA) is 92.5 Å². The van der Waals surface area contributed by atoms with E-state index >= 15 is 0 Å². The summed E-state index contributed by atoms with van der Waals surface area (Å²) in [5.74, 6) is 0.240. The molecule has 1 N–H and O–H groups in total. The van der Waals surface area contributed by atoms with E-state index in [9.17, 15) is 14.4 Å². The molecule has 2 heterocycles. The van der Waals surface area contributed by atoms with Gasteiger partial charge < -0.3 is 9.84 Å². The zero-order chi connectivity index (χ0) is 19.6. The van der Waals surface area contributed by atoms with Gasteiger partial charge >= 0.3 is 0 Å². The van der Waals surface area contributed by atoms with Crippen molar-refractivity contribution in [2.45, 2.75) is 20.3 Å². The monoisotopic (exact) mass is 377 g/mol. The van der Waals surface area contributed by atoms with Crippen molar-refractivity contribution in [3.05, 3.63) is 53.3 Å². The molecule has 28 heavy (non-hydrogen) atoms. The molecule has 2 bridgehead atoms. The third kappa shape index (κ3) is 2.35. The first kappa shape index (κ1) is 16.9. The second-order valence-corrected chi connectivity index (χ2v) is 7.80. The minimum Gasteiger partial charge on any atom is -0.360 e. The van der Waals surface area contributed by atoms with Crippen molar-refractivity contribution < 1.29 is 18.9 Å². The number of hydrogen-bond acceptors (Lipinski definition) is 5. The Bertz CT molecular complexity index is 1040. The fourth-order valence-corrected chi connectivity index (χ4v) is 4.90. The van der Waals surface area contributed by atoms with Crippen LogP contribution in [0, 0.1) is 30.6 Å². The number of fused-ring (bicyclic) bond motifs is 5. The van der Waals surface area contributed by atoms with Crippen molar-refractivity contribution >= 4 is 29.2 Å². The average molecular weight is 377 g/mol. The van der Waals surface area contributed by atoms with Crippen LogP contribution in [-0.2, 0) is 9.59 Å². The van der Waals surface area contributed by atoms with Crippen LogP contribution in [-0.4, -0.2) is 22.9 Å². The second-order valence-electron chi connectivity index (χ2n) is 7.80. The van der Waals surface area contributed by atoms with E-state index in [4.69, 9.17) is 4.52 Å². The Labute approximate surface area is 161 Å². The first-order chi connectivity index (χ1) is 13.4. The number of nitrogens with zero attached hydrogens (tertiary/aromatic N) is 2. The van der Waals surface area contributed by atoms with E-state index < -0.39 is 0 Å². The van der Waals surface area contributed by atoms with Gasteiger partial charge in [-0.05, 0) is 56.4 Å². The third-order valence-corrected chi connectivity index (χ3v) is 6.14. The fraction of sp³-hybridized carbons (Fsp3) is 0.333. The summed E-state index contributed by atoms with van der Waals surface area (Å²) < 4.78 is 4.93. The highest BCUT2D eigenvalue weighted by molar-refractivity contribution is 6.23. The summed E-state index contributed by atoms with van der Waals surface area (Å²) in [5.41, 5.74) is 2.14. The minimum absolute atomic E-state index is 0.120. The number of rotatable bonds is 3. The first-order valence-electron chi connectivity index (χ1n) is 9.35. The maximum atomic E-state index is 13.0. The van der Waals surface area contributed by atoms with E-state index in [-0.39, 0.29) is 41.4 Å². The van der Waals surface area contributed by atoms with E-state index in [0.717, 1.165) is 6.42 Å². The normalized spacial score (nSPS) is 27.9. The summed E-state index contributed by atoms with van der Waals surface area (Å²) >= 11 is 0. The highest BCUT2D eigenvalue weighted by atomic mass is 16.5. The van der Waals surface area contributed by atoms with Crippen LogP contribution >= 0.6 is 0 Å². The highest BCUT2D eigenvalue weighted by Crippen LogP contribution is 2.55. The zero-order valence-corrected chi connectivity index (χ0v) is 15.5. The largest absolute Gasteiger partial charge is 0.360 e. The summed E-state index contributed by atoms with van der Waals surface area (Å²) in [6, 6.07) is 8.11. The van der Waals surface area contributed by atoms with E-state index in [0.29, 0.717) is 22.8 Å². The maximum Gasteiger partial charge on any atom is 0.256 e. The van der Waals surface area contributed by atoms with Crippen LogP contribution in [0.5, 0.6) is 0 Å². The van der Waals surface area contributed by atoms with Gasteiger partial charge in [0.1, 0.15) is 5.76 Å². The Kier molecular flexibility index (Phi) is 3.56. The van der Waals surface area contributed by atoms with E-state index in [1.54, 1.807) is 37.3 Å². The highest BCUT2D eigenvalue weighted by Gasteiger charge is 2.60. The number of anilines is 2. The van der Waals surface area contributed by atoms with Gasteiger partial charge in [-0.2, -0.15) is 0 Å². The van der Waals surface area contributed by atoms with Gasteiger partial charge in [0.25, 0.3) is 5.91 Å². The molecular weight excluding hydrogens is 358 g/mol. The van der Waals surface area contributed by atoms with Crippen LogP contribution < -0.4 is 10.2 Å². The molecule has 142 valence electrons. The molecule has 1 aromatic heterocycles. The van der Waals surface area contributed by atoms with Gasteiger partial charge in [0.15, 0.2) is 5.82 Å². The Hall–Kier alpha value is -3.22. The molecular formula is C21H19N3O4. The molecule has 3 amide bonds. The molecule has 0 spiro atoms. The number of imide groups is 1. The number of carbonyl (C=O) groups is 3. The van der Waals surface area contributed by atoms with Crippen molar-refractivity contribution in [1.82, 2.24) is 5.16 Å². The standard InChI is InChI=1S/C21H19N3O4/c1-10-7-13-9-15(10)18-17(13)20(26)24(21(18)27)14-5-3-12(4-6-14)19(25)22-16-8-11(2)28-23-16/h3-8,13,15,17-18H,9H2,1-2H3,(H,22,23,25)/t13-,15+,17-,18-/m0/s1. The lowest BCUT2D eigenvalue weighted by Crippen LogP contribution is -2.33. The predicted octanol–water partition coefficient (Wildman–Crippen LogP) is 2.94. The quantitative estimate of drug-likeness (QED) is 0.656. The summed E-state index contributed by atoms with van der Waals surface area (Å²) in [4.78, 5) is 39.5. The first-order valence-corrected chi connectivity index (χ1v) is 9.35. The lowest BCUT2D eigenvalue weighted by atomic mass is 9.82. The van der Waals surface area contributed by atoms with Gasteiger partial charge in [-0.3, -0.25) is 19.3 Å². The van der Waals surface area contributed by atoms with Crippen LogP contribution in [0.25, 0.3) is 0 Å². The maximum absolute atomic E-state index is 13.0. The Morgan fingerprint density at radius 3 is 2.54 bits per heavy atom. The molecule has 0 radical (unpaired) electrons. The summed E-state index contributed by atoms with van der Waals surface area (Å²) in [5, 5.41) is 6.38. The van der Waals surface area contributed by atoms with E-state index in [1.165, 1.54) is 10.5 Å². The van der Waals surface area contributed by atoms with E-state index in [2.05, 4.69) is 16.5 Å². The van der Waals surface area contributed by atoms with Gasteiger partial charge in [0.05, 0.1) is 17.5 Å². The van der Waals surface area contributed by atoms with Crippen molar-refractivity contribution in [2.24, 2.45) is 23.7 Å². The summed E-state index contributed by atoms with van der Waals surface area (Å²) in [6.07, 6.45) is 3.06. The van der Waals surface area contributed by atoms with Gasteiger partial charge in [-0.25, -0.2) is 0 Å². The molecule has 5 rings (SSSR count). The number of nitrogens with one attached hydrogen (secondary N) is 1. The average Bonchev–Trinajstić information content (AvgIpc) is 3.40. The van der Waals surface area contributed by atoms with Crippen molar-refractivity contribution in [2.75, 3.05) is 10.2 Å². The smallest absolute Gasteiger partial charge is 0.256 e. The van der Waals surface area contributed by atoms with Gasteiger partial charge in [0, 0.05) is 11.6 Å². The van der Waals surface area contributed by atoms with Crippen LogP contribution in [0.1, 0.15) is 29.5 Å². The molecule has 2 aromatic rings. The summed E-state index contributed by atoms with van der Waals surface area (Å²) in [6.45, 7) is 3.78. The molecule has 2 aliphatic carbocycles. The summed E-state index contributed by atoms with van der Waals surface area (Å²) in [7, 11) is 0. The van der Waals surface area contributed by atoms with Crippen LogP contribution in [0.15, 0.2) is 46.5 Å².